The lowest BCUT2D eigenvalue weighted by atomic mass is 10.2. The van der Waals surface area contributed by atoms with E-state index < -0.39 is 0 Å². The van der Waals surface area contributed by atoms with Crippen molar-refractivity contribution in [3.05, 3.63) is 72.1 Å². The number of carbonyl (C=O) groups excluding carboxylic acids is 1. The number of rotatable bonds is 9. The number of hydrogen-bond acceptors (Lipinski definition) is 8. The van der Waals surface area contributed by atoms with Crippen molar-refractivity contribution in [2.45, 2.75) is 13.0 Å². The molecule has 1 amide bonds. The molecule has 3 aromatic rings. The molecular formula is C26H29N5O4. The van der Waals surface area contributed by atoms with Crippen LogP contribution in [0.2, 0.25) is 0 Å². The van der Waals surface area contributed by atoms with Gasteiger partial charge in [-0.1, -0.05) is 12.1 Å². The number of nitrogens with zero attached hydrogens (tertiary/aromatic N) is 4. The summed E-state index contributed by atoms with van der Waals surface area (Å²) in [6.45, 7) is 5.99. The first kappa shape index (κ1) is 22.9. The molecule has 1 saturated heterocycles. The number of aromatic nitrogens is 2. The Bertz CT molecular complexity index is 1120. The van der Waals surface area contributed by atoms with E-state index in [4.69, 9.17) is 14.2 Å². The molecule has 9 heteroatoms. The van der Waals surface area contributed by atoms with E-state index >= 15 is 0 Å². The Morgan fingerprint density at radius 1 is 0.971 bits per heavy atom. The average Bonchev–Trinajstić information content (AvgIpc) is 3.38. The smallest absolute Gasteiger partial charge is 0.251 e. The van der Waals surface area contributed by atoms with Gasteiger partial charge in [0.05, 0.1) is 6.61 Å². The summed E-state index contributed by atoms with van der Waals surface area (Å²) in [6, 6.07) is 15.3. The Balaban J connectivity index is 0.989. The first-order valence-electron chi connectivity index (χ1n) is 11.9. The predicted octanol–water partition coefficient (Wildman–Crippen LogP) is 2.73. The summed E-state index contributed by atoms with van der Waals surface area (Å²) in [5, 5.41) is 2.91. The Morgan fingerprint density at radius 3 is 2.54 bits per heavy atom. The van der Waals surface area contributed by atoms with Gasteiger partial charge < -0.3 is 24.4 Å². The van der Waals surface area contributed by atoms with Gasteiger partial charge in [-0.2, -0.15) is 0 Å². The molecule has 2 aromatic carbocycles. The largest absolute Gasteiger partial charge is 0.494 e. The number of carbonyl (C=O) groups is 1. The van der Waals surface area contributed by atoms with E-state index in [0.29, 0.717) is 36.6 Å². The maximum Gasteiger partial charge on any atom is 0.251 e. The quantitative estimate of drug-likeness (QED) is 0.473. The zero-order chi connectivity index (χ0) is 23.9. The van der Waals surface area contributed by atoms with E-state index in [9.17, 15) is 4.79 Å². The molecule has 0 radical (unpaired) electrons. The van der Waals surface area contributed by atoms with Crippen molar-refractivity contribution in [3.63, 3.8) is 0 Å². The SMILES string of the molecule is O=C(NCCCOc1ccc(CN2CCN(c3ncccn3)CC2)cc1)c1ccc2c(c1)OCO2. The third-order valence-corrected chi connectivity index (χ3v) is 6.05. The number of amides is 1. The van der Waals surface area contributed by atoms with Crippen LogP contribution >= 0.6 is 0 Å². The number of anilines is 1. The van der Waals surface area contributed by atoms with E-state index in [1.54, 1.807) is 30.6 Å². The molecule has 2 aliphatic heterocycles. The summed E-state index contributed by atoms with van der Waals surface area (Å²) in [6.07, 6.45) is 4.29. The van der Waals surface area contributed by atoms with Gasteiger partial charge in [-0.3, -0.25) is 9.69 Å². The van der Waals surface area contributed by atoms with E-state index in [-0.39, 0.29) is 12.7 Å². The van der Waals surface area contributed by atoms with E-state index in [1.165, 1.54) is 5.56 Å². The van der Waals surface area contributed by atoms with Crippen LogP contribution in [0.5, 0.6) is 17.2 Å². The molecule has 182 valence electrons. The lowest BCUT2D eigenvalue weighted by Gasteiger charge is -2.34. The molecule has 0 unspecified atom stereocenters. The fourth-order valence-electron chi connectivity index (χ4n) is 4.11. The number of ether oxygens (including phenoxy) is 3. The average molecular weight is 476 g/mol. The highest BCUT2D eigenvalue weighted by atomic mass is 16.7. The normalized spacial score (nSPS) is 15.1. The molecule has 1 fully saturated rings. The van der Waals surface area contributed by atoms with Crippen LogP contribution in [0.3, 0.4) is 0 Å². The van der Waals surface area contributed by atoms with Crippen LogP contribution in [0.15, 0.2) is 60.9 Å². The minimum atomic E-state index is -0.134. The summed E-state index contributed by atoms with van der Waals surface area (Å²) in [4.78, 5) is 25.7. The first-order valence-corrected chi connectivity index (χ1v) is 11.9. The number of hydrogen-bond donors (Lipinski definition) is 1. The van der Waals surface area contributed by atoms with Crippen LogP contribution in [0.25, 0.3) is 0 Å². The summed E-state index contributed by atoms with van der Waals surface area (Å²) in [7, 11) is 0. The summed E-state index contributed by atoms with van der Waals surface area (Å²) in [5.74, 6) is 2.78. The highest BCUT2D eigenvalue weighted by molar-refractivity contribution is 5.94. The maximum atomic E-state index is 12.3. The number of fused-ring (bicyclic) bond motifs is 1. The van der Waals surface area contributed by atoms with Crippen LogP contribution in [-0.2, 0) is 6.54 Å². The molecule has 5 rings (SSSR count). The fourth-order valence-corrected chi connectivity index (χ4v) is 4.11. The van der Waals surface area contributed by atoms with Crippen molar-refractivity contribution >= 4 is 11.9 Å². The van der Waals surface area contributed by atoms with Crippen molar-refractivity contribution < 1.29 is 19.0 Å². The molecule has 0 aliphatic carbocycles. The monoisotopic (exact) mass is 475 g/mol. The number of piperazine rings is 1. The molecule has 35 heavy (non-hydrogen) atoms. The highest BCUT2D eigenvalue weighted by Crippen LogP contribution is 2.32. The summed E-state index contributed by atoms with van der Waals surface area (Å²) in [5.41, 5.74) is 1.82. The van der Waals surface area contributed by atoms with Gasteiger partial charge in [0.1, 0.15) is 5.75 Å². The molecule has 0 atom stereocenters. The van der Waals surface area contributed by atoms with Crippen LogP contribution in [0, 0.1) is 0 Å². The fraction of sp³-hybridized carbons (Fsp3) is 0.346. The zero-order valence-electron chi connectivity index (χ0n) is 19.6. The number of benzene rings is 2. The van der Waals surface area contributed by atoms with Crippen molar-refractivity contribution in [2.24, 2.45) is 0 Å². The second kappa shape index (κ2) is 11.1. The van der Waals surface area contributed by atoms with Crippen LogP contribution in [-0.4, -0.2) is 66.9 Å². The molecule has 0 spiro atoms. The second-order valence-electron chi connectivity index (χ2n) is 8.48. The van der Waals surface area contributed by atoms with Gasteiger partial charge in [0.2, 0.25) is 12.7 Å². The molecule has 1 aromatic heterocycles. The first-order chi connectivity index (χ1) is 17.2. The molecule has 1 N–H and O–H groups in total. The van der Waals surface area contributed by atoms with Gasteiger partial charge in [0.15, 0.2) is 11.5 Å². The van der Waals surface area contributed by atoms with Crippen molar-refractivity contribution in [2.75, 3.05) is 51.0 Å². The lowest BCUT2D eigenvalue weighted by molar-refractivity contribution is 0.0951. The van der Waals surface area contributed by atoms with Gasteiger partial charge >= 0.3 is 0 Å². The third-order valence-electron chi connectivity index (χ3n) is 6.05. The topological polar surface area (TPSA) is 89.1 Å². The van der Waals surface area contributed by atoms with Crippen molar-refractivity contribution in [1.29, 1.82) is 0 Å². The van der Waals surface area contributed by atoms with Crippen LogP contribution < -0.4 is 24.4 Å². The van der Waals surface area contributed by atoms with Crippen LogP contribution in [0.4, 0.5) is 5.95 Å². The van der Waals surface area contributed by atoms with Crippen molar-refractivity contribution in [1.82, 2.24) is 20.2 Å². The third kappa shape index (κ3) is 5.99. The summed E-state index contributed by atoms with van der Waals surface area (Å²) >= 11 is 0. The molecule has 0 saturated carbocycles. The molecular weight excluding hydrogens is 446 g/mol. The van der Waals surface area contributed by atoms with E-state index in [2.05, 4.69) is 37.2 Å². The lowest BCUT2D eigenvalue weighted by Crippen LogP contribution is -2.46. The zero-order valence-corrected chi connectivity index (χ0v) is 19.6. The van der Waals surface area contributed by atoms with Crippen molar-refractivity contribution in [3.8, 4) is 17.2 Å². The summed E-state index contributed by atoms with van der Waals surface area (Å²) < 4.78 is 16.4. The van der Waals surface area contributed by atoms with Gasteiger partial charge in [0.25, 0.3) is 5.91 Å². The Kier molecular flexibility index (Phi) is 7.24. The minimum absolute atomic E-state index is 0.134. The second-order valence-corrected chi connectivity index (χ2v) is 8.48. The molecule has 0 bridgehead atoms. The van der Waals surface area contributed by atoms with E-state index in [1.807, 2.05) is 18.2 Å². The number of nitrogens with one attached hydrogen (secondary N) is 1. The van der Waals surface area contributed by atoms with E-state index in [0.717, 1.165) is 44.4 Å². The Morgan fingerprint density at radius 2 is 1.74 bits per heavy atom. The highest BCUT2D eigenvalue weighted by Gasteiger charge is 2.19. The Hall–Kier alpha value is -3.85. The predicted molar refractivity (Wildman–Crippen MR) is 131 cm³/mol. The van der Waals surface area contributed by atoms with Gasteiger partial charge in [-0.05, 0) is 48.4 Å². The molecule has 3 heterocycles. The maximum absolute atomic E-state index is 12.3. The van der Waals surface area contributed by atoms with Gasteiger partial charge in [-0.15, -0.1) is 0 Å². The Labute approximate surface area is 204 Å². The molecule has 2 aliphatic rings. The standard InChI is InChI=1S/C26H29N5O4/c32-25(21-5-8-23-24(17-21)35-19-34-23)27-11-2-16-33-22-6-3-20(4-7-22)18-30-12-14-31(15-13-30)26-28-9-1-10-29-26/h1,3-10,17H,2,11-16,18-19H2,(H,27,32). The molecule has 9 nitrogen and oxygen atoms in total. The van der Waals surface area contributed by atoms with Crippen LogP contribution in [0.1, 0.15) is 22.3 Å². The van der Waals surface area contributed by atoms with Gasteiger partial charge in [0, 0.05) is 57.2 Å². The van der Waals surface area contributed by atoms with Gasteiger partial charge in [-0.25, -0.2) is 9.97 Å². The minimum Gasteiger partial charge on any atom is -0.494 e.